The first-order valence-corrected chi connectivity index (χ1v) is 7.82. The molecule has 2 N–H and O–H groups in total. The summed E-state index contributed by atoms with van der Waals surface area (Å²) in [5, 5.41) is 0.292. The monoisotopic (exact) mass is 379 g/mol. The third-order valence-corrected chi connectivity index (χ3v) is 3.82. The number of alkyl halides is 3. The summed E-state index contributed by atoms with van der Waals surface area (Å²) >= 11 is 0. The van der Waals surface area contributed by atoms with E-state index in [0.29, 0.717) is 11.5 Å². The quantitative estimate of drug-likeness (QED) is 0.545. The Hall–Kier alpha value is -3.23. The highest BCUT2D eigenvalue weighted by Gasteiger charge is 2.34. The summed E-state index contributed by atoms with van der Waals surface area (Å²) in [4.78, 5) is 20.0. The van der Waals surface area contributed by atoms with Crippen LogP contribution in [0.15, 0.2) is 36.5 Å². The van der Waals surface area contributed by atoms with Crippen molar-refractivity contribution in [3.05, 3.63) is 53.5 Å². The fraction of sp³-hybridized carbons (Fsp3) is 0.167. The zero-order valence-electron chi connectivity index (χ0n) is 14.0. The van der Waals surface area contributed by atoms with Crippen LogP contribution in [0.4, 0.5) is 23.4 Å². The van der Waals surface area contributed by atoms with Crippen molar-refractivity contribution in [2.75, 3.05) is 12.3 Å². The molecular weight excluding hydrogens is 366 g/mol. The van der Waals surface area contributed by atoms with Gasteiger partial charge in [0.05, 0.1) is 23.4 Å². The number of nitrogens with zero attached hydrogens (tertiary/aromatic N) is 2. The first-order chi connectivity index (χ1) is 12.7. The van der Waals surface area contributed by atoms with Crippen molar-refractivity contribution in [1.29, 1.82) is 0 Å². The van der Waals surface area contributed by atoms with Gasteiger partial charge >= 0.3 is 12.1 Å². The molecule has 9 heteroatoms. The molecule has 27 heavy (non-hydrogen) atoms. The lowest BCUT2D eigenvalue weighted by molar-refractivity contribution is -0.137. The molecule has 0 saturated carbocycles. The normalized spacial score (nSPS) is 11.6. The highest BCUT2D eigenvalue weighted by atomic mass is 19.4. The Kier molecular flexibility index (Phi) is 4.69. The van der Waals surface area contributed by atoms with Crippen LogP contribution in [-0.4, -0.2) is 22.5 Å². The van der Waals surface area contributed by atoms with Crippen molar-refractivity contribution in [3.8, 4) is 11.3 Å². The lowest BCUT2D eigenvalue weighted by Gasteiger charge is -2.14. The Morgan fingerprint density at radius 3 is 2.63 bits per heavy atom. The highest BCUT2D eigenvalue weighted by Crippen LogP contribution is 2.37. The fourth-order valence-corrected chi connectivity index (χ4v) is 2.63. The van der Waals surface area contributed by atoms with Crippen molar-refractivity contribution in [1.82, 2.24) is 9.97 Å². The van der Waals surface area contributed by atoms with Gasteiger partial charge in [0, 0.05) is 17.1 Å². The van der Waals surface area contributed by atoms with Crippen molar-refractivity contribution < 1.29 is 27.1 Å². The summed E-state index contributed by atoms with van der Waals surface area (Å²) in [6, 6.07) is 5.01. The van der Waals surface area contributed by atoms with Crippen LogP contribution in [0.1, 0.15) is 22.8 Å². The number of anilines is 1. The largest absolute Gasteiger partial charge is 0.462 e. The number of benzene rings is 1. The molecule has 3 rings (SSSR count). The predicted molar refractivity (Wildman–Crippen MR) is 90.3 cm³/mol. The smallest absolute Gasteiger partial charge is 0.417 e. The molecular formula is C18H13F4N3O2. The maximum absolute atomic E-state index is 13.3. The molecule has 5 nitrogen and oxygen atoms in total. The number of esters is 1. The summed E-state index contributed by atoms with van der Waals surface area (Å²) in [7, 11) is 0. The zero-order valence-corrected chi connectivity index (χ0v) is 14.0. The van der Waals surface area contributed by atoms with Crippen molar-refractivity contribution in [2.45, 2.75) is 13.1 Å². The summed E-state index contributed by atoms with van der Waals surface area (Å²) in [5.74, 6) is -1.73. The van der Waals surface area contributed by atoms with Gasteiger partial charge in [0.25, 0.3) is 0 Å². The van der Waals surface area contributed by atoms with Gasteiger partial charge < -0.3 is 10.5 Å². The van der Waals surface area contributed by atoms with Crippen LogP contribution in [0, 0.1) is 5.82 Å². The Balaban J connectivity index is 2.22. The average molecular weight is 379 g/mol. The Bertz CT molecular complexity index is 1040. The minimum Gasteiger partial charge on any atom is -0.462 e. The molecule has 0 aliphatic carbocycles. The van der Waals surface area contributed by atoms with E-state index in [-0.39, 0.29) is 34.8 Å². The molecule has 0 amide bonds. The number of nitrogen functional groups attached to an aromatic ring is 1. The third-order valence-electron chi connectivity index (χ3n) is 3.82. The summed E-state index contributed by atoms with van der Waals surface area (Å²) in [6.07, 6.45) is -3.55. The SMILES string of the molecule is CCOC(=O)c1cnc(N)c2nc(-c3ccc(F)cc3C(F)(F)F)ccc12. The van der Waals surface area contributed by atoms with Gasteiger partial charge in [-0.15, -0.1) is 0 Å². The van der Waals surface area contributed by atoms with E-state index >= 15 is 0 Å². The molecule has 1 aromatic carbocycles. The highest BCUT2D eigenvalue weighted by molar-refractivity contribution is 6.06. The number of carbonyl (C=O) groups excluding carboxylic acids is 1. The lowest BCUT2D eigenvalue weighted by atomic mass is 10.0. The number of pyridine rings is 2. The molecule has 140 valence electrons. The predicted octanol–water partition coefficient (Wildman–Crippen LogP) is 4.21. The van der Waals surface area contributed by atoms with Gasteiger partial charge in [0.1, 0.15) is 17.2 Å². The molecule has 0 spiro atoms. The van der Waals surface area contributed by atoms with Gasteiger partial charge in [-0.2, -0.15) is 13.2 Å². The fourth-order valence-electron chi connectivity index (χ4n) is 2.63. The van der Waals surface area contributed by atoms with Crippen LogP contribution in [0.25, 0.3) is 22.2 Å². The number of rotatable bonds is 3. The molecule has 0 aliphatic heterocycles. The van der Waals surface area contributed by atoms with Crippen molar-refractivity contribution in [3.63, 3.8) is 0 Å². The summed E-state index contributed by atoms with van der Waals surface area (Å²) in [5.41, 5.74) is 4.37. The number of hydrogen-bond acceptors (Lipinski definition) is 5. The van der Waals surface area contributed by atoms with E-state index in [4.69, 9.17) is 10.5 Å². The van der Waals surface area contributed by atoms with E-state index in [2.05, 4.69) is 9.97 Å². The van der Waals surface area contributed by atoms with E-state index in [0.717, 1.165) is 12.1 Å². The molecule has 0 saturated heterocycles. The molecule has 0 aliphatic rings. The minimum absolute atomic E-state index is 0.0514. The number of fused-ring (bicyclic) bond motifs is 1. The molecule has 2 aromatic heterocycles. The standard InChI is InChI=1S/C18H13F4N3O2/c1-2-27-17(26)12-8-24-16(23)15-10(12)5-6-14(25-15)11-4-3-9(19)7-13(11)18(20,21)22/h3-8H,2H2,1H3,(H2,23,24). The van der Waals surface area contributed by atoms with Gasteiger partial charge in [-0.25, -0.2) is 19.2 Å². The molecule has 0 unspecified atom stereocenters. The van der Waals surface area contributed by atoms with Crippen LogP contribution in [0.2, 0.25) is 0 Å². The Morgan fingerprint density at radius 2 is 1.96 bits per heavy atom. The van der Waals surface area contributed by atoms with E-state index in [1.165, 1.54) is 18.3 Å². The second-order valence-corrected chi connectivity index (χ2v) is 5.56. The maximum atomic E-state index is 13.3. The van der Waals surface area contributed by atoms with E-state index in [1.54, 1.807) is 6.92 Å². The second kappa shape index (κ2) is 6.82. The van der Waals surface area contributed by atoms with Crippen LogP contribution < -0.4 is 5.73 Å². The van der Waals surface area contributed by atoms with Crippen molar-refractivity contribution >= 4 is 22.7 Å². The Labute approximate surface area is 150 Å². The molecule has 0 fully saturated rings. The van der Waals surface area contributed by atoms with E-state index in [1.807, 2.05) is 0 Å². The van der Waals surface area contributed by atoms with Crippen LogP contribution in [0.5, 0.6) is 0 Å². The zero-order chi connectivity index (χ0) is 19.8. The average Bonchev–Trinajstić information content (AvgIpc) is 2.61. The number of aromatic nitrogens is 2. The first-order valence-electron chi connectivity index (χ1n) is 7.82. The number of nitrogens with two attached hydrogens (primary N) is 1. The molecule has 0 atom stereocenters. The molecule has 2 heterocycles. The number of hydrogen-bond donors (Lipinski definition) is 1. The number of ether oxygens (including phenoxy) is 1. The maximum Gasteiger partial charge on any atom is 0.417 e. The number of halogens is 4. The van der Waals surface area contributed by atoms with Gasteiger partial charge in [-0.3, -0.25) is 0 Å². The number of carbonyl (C=O) groups is 1. The van der Waals surface area contributed by atoms with E-state index in [9.17, 15) is 22.4 Å². The Morgan fingerprint density at radius 1 is 1.22 bits per heavy atom. The molecule has 0 radical (unpaired) electrons. The molecule has 3 aromatic rings. The van der Waals surface area contributed by atoms with Gasteiger partial charge in [-0.1, -0.05) is 0 Å². The van der Waals surface area contributed by atoms with Crippen LogP contribution in [0.3, 0.4) is 0 Å². The van der Waals surface area contributed by atoms with Gasteiger partial charge in [0.2, 0.25) is 0 Å². The summed E-state index contributed by atoms with van der Waals surface area (Å²) < 4.78 is 58.1. The summed E-state index contributed by atoms with van der Waals surface area (Å²) in [6.45, 7) is 1.77. The van der Waals surface area contributed by atoms with Crippen LogP contribution in [-0.2, 0) is 10.9 Å². The minimum atomic E-state index is -4.77. The molecule has 0 bridgehead atoms. The van der Waals surface area contributed by atoms with Gasteiger partial charge in [-0.05, 0) is 37.3 Å². The van der Waals surface area contributed by atoms with Crippen LogP contribution >= 0.6 is 0 Å². The third kappa shape index (κ3) is 3.53. The topological polar surface area (TPSA) is 78.1 Å². The van der Waals surface area contributed by atoms with Crippen molar-refractivity contribution in [2.24, 2.45) is 0 Å². The van der Waals surface area contributed by atoms with Gasteiger partial charge in [0.15, 0.2) is 0 Å². The lowest BCUT2D eigenvalue weighted by Crippen LogP contribution is -2.09. The second-order valence-electron chi connectivity index (χ2n) is 5.56. The van der Waals surface area contributed by atoms with E-state index < -0.39 is 23.5 Å². The first kappa shape index (κ1) is 18.6.